The van der Waals surface area contributed by atoms with Gasteiger partial charge in [-0.05, 0) is 11.8 Å². The van der Waals surface area contributed by atoms with E-state index in [9.17, 15) is 4.79 Å². The lowest BCUT2D eigenvalue weighted by Crippen LogP contribution is -2.29. The summed E-state index contributed by atoms with van der Waals surface area (Å²) in [4.78, 5) is 11.5. The van der Waals surface area contributed by atoms with Crippen molar-refractivity contribution in [2.45, 2.75) is 40.2 Å². The lowest BCUT2D eigenvalue weighted by molar-refractivity contribution is -0.131. The van der Waals surface area contributed by atoms with Crippen LogP contribution in [0.3, 0.4) is 0 Å². The predicted molar refractivity (Wildman–Crippen MR) is 50.1 cm³/mol. The van der Waals surface area contributed by atoms with Crippen molar-refractivity contribution in [3.63, 3.8) is 0 Å². The van der Waals surface area contributed by atoms with Gasteiger partial charge >= 0.3 is 0 Å². The number of methoxy groups -OCH3 is 1. The molecule has 0 aromatic heterocycles. The van der Waals surface area contributed by atoms with Crippen molar-refractivity contribution in [1.82, 2.24) is 0 Å². The van der Waals surface area contributed by atoms with Gasteiger partial charge in [-0.15, -0.1) is 0 Å². The zero-order valence-electron chi connectivity index (χ0n) is 8.76. The average molecular weight is 172 g/mol. The minimum Gasteiger partial charge on any atom is -0.373 e. The maximum atomic E-state index is 11.5. The Kier molecular flexibility index (Phi) is 5.14. The van der Waals surface area contributed by atoms with Gasteiger partial charge in [0.1, 0.15) is 6.10 Å². The first kappa shape index (κ1) is 11.6. The van der Waals surface area contributed by atoms with Gasteiger partial charge in [0.25, 0.3) is 0 Å². The fraction of sp³-hybridized carbons (Fsp3) is 0.900. The van der Waals surface area contributed by atoms with Gasteiger partial charge in [-0.3, -0.25) is 4.79 Å². The molecule has 72 valence electrons. The Morgan fingerprint density at radius 2 is 1.75 bits per heavy atom. The van der Waals surface area contributed by atoms with E-state index in [2.05, 4.69) is 0 Å². The standard InChI is InChI=1S/C10H20O2/c1-7(2)6-9(11)10(12-5)8(3)4/h7-8,10H,6H2,1-5H3/t10-/m0/s1. The van der Waals surface area contributed by atoms with Crippen LogP contribution in [0.2, 0.25) is 0 Å². The summed E-state index contributed by atoms with van der Waals surface area (Å²) in [6, 6.07) is 0. The maximum Gasteiger partial charge on any atom is 0.162 e. The van der Waals surface area contributed by atoms with E-state index < -0.39 is 0 Å². The van der Waals surface area contributed by atoms with Gasteiger partial charge in [0.2, 0.25) is 0 Å². The monoisotopic (exact) mass is 172 g/mol. The van der Waals surface area contributed by atoms with Gasteiger partial charge in [0.15, 0.2) is 5.78 Å². The van der Waals surface area contributed by atoms with Gasteiger partial charge in [-0.25, -0.2) is 0 Å². The summed E-state index contributed by atoms with van der Waals surface area (Å²) in [5.41, 5.74) is 0. The molecule has 0 aromatic rings. The Hall–Kier alpha value is -0.370. The molecular formula is C10H20O2. The molecule has 1 atom stereocenters. The Bertz CT molecular complexity index is 139. The van der Waals surface area contributed by atoms with E-state index in [1.165, 1.54) is 0 Å². The molecule has 0 amide bonds. The molecule has 0 aliphatic rings. The molecule has 0 saturated heterocycles. The Morgan fingerprint density at radius 3 is 2.00 bits per heavy atom. The highest BCUT2D eigenvalue weighted by Gasteiger charge is 2.21. The third kappa shape index (κ3) is 3.86. The molecule has 0 rings (SSSR count). The summed E-state index contributed by atoms with van der Waals surface area (Å²) in [6.07, 6.45) is 0.406. The average Bonchev–Trinajstić information content (AvgIpc) is 1.85. The molecule has 0 fully saturated rings. The van der Waals surface area contributed by atoms with Gasteiger partial charge < -0.3 is 4.74 Å². The Morgan fingerprint density at radius 1 is 1.25 bits per heavy atom. The van der Waals surface area contributed by atoms with Crippen LogP contribution in [0, 0.1) is 11.8 Å². The van der Waals surface area contributed by atoms with Crippen LogP contribution in [0.5, 0.6) is 0 Å². The molecule has 0 aliphatic heterocycles. The zero-order valence-corrected chi connectivity index (χ0v) is 8.76. The quantitative estimate of drug-likeness (QED) is 0.636. The lowest BCUT2D eigenvalue weighted by atomic mass is 9.96. The van der Waals surface area contributed by atoms with E-state index in [4.69, 9.17) is 4.74 Å². The number of ether oxygens (including phenoxy) is 1. The van der Waals surface area contributed by atoms with Gasteiger partial charge in [0.05, 0.1) is 0 Å². The smallest absolute Gasteiger partial charge is 0.162 e. The molecule has 0 radical (unpaired) electrons. The molecule has 0 N–H and O–H groups in total. The molecule has 0 aliphatic carbocycles. The van der Waals surface area contributed by atoms with E-state index in [0.717, 1.165) is 0 Å². The SMILES string of the molecule is CO[C@H](C(=O)CC(C)C)C(C)C. The summed E-state index contributed by atoms with van der Waals surface area (Å²) in [5.74, 6) is 0.928. The van der Waals surface area contributed by atoms with Crippen LogP contribution < -0.4 is 0 Å². The molecular weight excluding hydrogens is 152 g/mol. The van der Waals surface area contributed by atoms with Crippen molar-refractivity contribution in [2.24, 2.45) is 11.8 Å². The van der Waals surface area contributed by atoms with E-state index in [1.54, 1.807) is 7.11 Å². The number of hydrogen-bond donors (Lipinski definition) is 0. The molecule has 2 heteroatoms. The van der Waals surface area contributed by atoms with Crippen LogP contribution in [0.15, 0.2) is 0 Å². The van der Waals surface area contributed by atoms with Crippen molar-refractivity contribution in [3.8, 4) is 0 Å². The molecule has 0 aromatic carbocycles. The van der Waals surface area contributed by atoms with E-state index in [-0.39, 0.29) is 17.8 Å². The topological polar surface area (TPSA) is 26.3 Å². The first-order valence-corrected chi connectivity index (χ1v) is 4.54. The molecule has 0 heterocycles. The first-order chi connectivity index (χ1) is 5.49. The molecule has 0 spiro atoms. The largest absolute Gasteiger partial charge is 0.373 e. The molecule has 12 heavy (non-hydrogen) atoms. The lowest BCUT2D eigenvalue weighted by Gasteiger charge is -2.18. The third-order valence-corrected chi connectivity index (χ3v) is 1.79. The number of rotatable bonds is 5. The van der Waals surface area contributed by atoms with E-state index >= 15 is 0 Å². The van der Waals surface area contributed by atoms with Crippen molar-refractivity contribution < 1.29 is 9.53 Å². The Labute approximate surface area is 75.3 Å². The highest BCUT2D eigenvalue weighted by Crippen LogP contribution is 2.12. The van der Waals surface area contributed by atoms with Crippen molar-refractivity contribution in [2.75, 3.05) is 7.11 Å². The molecule has 0 saturated carbocycles. The third-order valence-electron chi connectivity index (χ3n) is 1.79. The summed E-state index contributed by atoms with van der Waals surface area (Å²) < 4.78 is 5.12. The highest BCUT2D eigenvalue weighted by atomic mass is 16.5. The van der Waals surface area contributed by atoms with E-state index in [1.807, 2.05) is 27.7 Å². The van der Waals surface area contributed by atoms with Gasteiger partial charge in [0, 0.05) is 13.5 Å². The number of ketones is 1. The van der Waals surface area contributed by atoms with Crippen LogP contribution in [-0.4, -0.2) is 19.0 Å². The fourth-order valence-electron chi connectivity index (χ4n) is 1.29. The second-order valence-corrected chi connectivity index (χ2v) is 3.96. The summed E-state index contributed by atoms with van der Waals surface area (Å²) in [7, 11) is 1.60. The van der Waals surface area contributed by atoms with Crippen LogP contribution in [0.25, 0.3) is 0 Å². The van der Waals surface area contributed by atoms with Crippen molar-refractivity contribution >= 4 is 5.78 Å². The van der Waals surface area contributed by atoms with Crippen LogP contribution >= 0.6 is 0 Å². The van der Waals surface area contributed by atoms with Gasteiger partial charge in [-0.2, -0.15) is 0 Å². The Balaban J connectivity index is 4.04. The van der Waals surface area contributed by atoms with Crippen LogP contribution in [-0.2, 0) is 9.53 Å². The summed E-state index contributed by atoms with van der Waals surface area (Å²) >= 11 is 0. The van der Waals surface area contributed by atoms with E-state index in [0.29, 0.717) is 12.3 Å². The molecule has 2 nitrogen and oxygen atoms in total. The van der Waals surface area contributed by atoms with Crippen molar-refractivity contribution in [1.29, 1.82) is 0 Å². The zero-order chi connectivity index (χ0) is 9.72. The maximum absolute atomic E-state index is 11.5. The second kappa shape index (κ2) is 5.31. The van der Waals surface area contributed by atoms with Crippen LogP contribution in [0.1, 0.15) is 34.1 Å². The second-order valence-electron chi connectivity index (χ2n) is 3.96. The fourth-order valence-corrected chi connectivity index (χ4v) is 1.29. The van der Waals surface area contributed by atoms with Gasteiger partial charge in [-0.1, -0.05) is 27.7 Å². The normalized spacial score (nSPS) is 13.9. The first-order valence-electron chi connectivity index (χ1n) is 4.54. The van der Waals surface area contributed by atoms with Crippen LogP contribution in [0.4, 0.5) is 0 Å². The number of Topliss-reactive ketones (excluding diaryl/α,β-unsaturated/α-hetero) is 1. The molecule has 0 unspecified atom stereocenters. The minimum atomic E-state index is -0.215. The number of carbonyl (C=O) groups is 1. The number of carbonyl (C=O) groups excluding carboxylic acids is 1. The summed E-state index contributed by atoms with van der Waals surface area (Å²) in [6.45, 7) is 8.11. The summed E-state index contributed by atoms with van der Waals surface area (Å²) in [5, 5.41) is 0. The highest BCUT2D eigenvalue weighted by molar-refractivity contribution is 5.83. The van der Waals surface area contributed by atoms with Crippen molar-refractivity contribution in [3.05, 3.63) is 0 Å². The number of hydrogen-bond acceptors (Lipinski definition) is 2. The predicted octanol–water partition coefficient (Wildman–Crippen LogP) is 2.27. The molecule has 0 bridgehead atoms. The minimum absolute atomic E-state index is 0.215.